The Kier molecular flexibility index (Phi) is 7.70. The molecule has 12 rings (SSSR count). The zero-order chi connectivity index (χ0) is 38.9. The molecule has 0 spiro atoms. The van der Waals surface area contributed by atoms with Crippen molar-refractivity contribution in [2.75, 3.05) is 0 Å². The molecule has 59 heavy (non-hydrogen) atoms. The van der Waals surface area contributed by atoms with Crippen LogP contribution in [0.2, 0.25) is 0 Å². The van der Waals surface area contributed by atoms with Crippen LogP contribution in [0.25, 0.3) is 100 Å². The first-order valence-electron chi connectivity index (χ1n) is 20.3. The molecule has 1 aliphatic carbocycles. The maximum absolute atomic E-state index is 6.74. The fourth-order valence-electron chi connectivity index (χ4n) is 9.23. The van der Waals surface area contributed by atoms with Crippen LogP contribution in [0.4, 0.5) is 0 Å². The molecule has 0 fully saturated rings. The first kappa shape index (κ1) is 33.6. The molecule has 0 saturated carbocycles. The molecule has 4 nitrogen and oxygen atoms in total. The van der Waals surface area contributed by atoms with Gasteiger partial charge in [0, 0.05) is 44.2 Å². The molecule has 8 aromatic carbocycles. The molecule has 1 aliphatic rings. The van der Waals surface area contributed by atoms with Crippen molar-refractivity contribution in [3.63, 3.8) is 0 Å². The first-order valence-corrected chi connectivity index (χ1v) is 20.3. The molecular formula is C55H36N2O2. The second-order valence-corrected chi connectivity index (χ2v) is 15.6. The molecule has 0 N–H and O–H groups in total. The summed E-state index contributed by atoms with van der Waals surface area (Å²) < 4.78 is 13.5. The number of benzene rings is 8. The molecule has 4 heteroatoms. The van der Waals surface area contributed by atoms with E-state index in [0.717, 1.165) is 90.4 Å². The van der Waals surface area contributed by atoms with Gasteiger partial charge in [-0.2, -0.15) is 0 Å². The van der Waals surface area contributed by atoms with Crippen LogP contribution in [0.1, 0.15) is 29.0 Å². The number of hydrogen-bond acceptors (Lipinski definition) is 4. The number of furan rings is 2. The average molecular weight is 757 g/mol. The molecule has 3 aromatic heterocycles. The zero-order valence-electron chi connectivity index (χ0n) is 32.1. The second-order valence-electron chi connectivity index (χ2n) is 15.6. The Balaban J connectivity index is 0.937. The van der Waals surface area contributed by atoms with Crippen molar-refractivity contribution >= 4 is 43.9 Å². The quantitative estimate of drug-likeness (QED) is 0.175. The lowest BCUT2D eigenvalue weighted by Gasteiger charge is -2.18. The van der Waals surface area contributed by atoms with Crippen molar-refractivity contribution in [1.82, 2.24) is 9.97 Å². The second kappa shape index (κ2) is 13.5. The Morgan fingerprint density at radius 3 is 1.66 bits per heavy atom. The summed E-state index contributed by atoms with van der Waals surface area (Å²) in [5, 5.41) is 4.17. The Hall–Kier alpha value is -7.56. The molecular weight excluding hydrogens is 721 g/mol. The zero-order valence-corrected chi connectivity index (χ0v) is 32.1. The van der Waals surface area contributed by atoms with Gasteiger partial charge in [-0.1, -0.05) is 140 Å². The SMILES string of the molecule is c1ccc(-c2cc(-c3ccc4c(c3)oc3c4ccc4c5ccc(-c6ccc7c(c6)-c6ccccc6C(c6ccccc6)CC7)cc5oc43)nc(-c3ccccc3)n2)cc1. The maximum Gasteiger partial charge on any atom is 0.178 e. The van der Waals surface area contributed by atoms with E-state index in [1.807, 2.05) is 48.5 Å². The summed E-state index contributed by atoms with van der Waals surface area (Å²) in [5.74, 6) is 1.05. The minimum atomic E-state index is 0.365. The number of hydrogen-bond donors (Lipinski definition) is 0. The summed E-state index contributed by atoms with van der Waals surface area (Å²) in [4.78, 5) is 10.0. The van der Waals surface area contributed by atoms with E-state index in [4.69, 9.17) is 18.8 Å². The van der Waals surface area contributed by atoms with Crippen molar-refractivity contribution in [3.8, 4) is 56.2 Å². The smallest absolute Gasteiger partial charge is 0.178 e. The monoisotopic (exact) mass is 756 g/mol. The van der Waals surface area contributed by atoms with Crippen molar-refractivity contribution in [2.45, 2.75) is 18.8 Å². The summed E-state index contributed by atoms with van der Waals surface area (Å²) in [7, 11) is 0. The Morgan fingerprint density at radius 1 is 0.407 bits per heavy atom. The van der Waals surface area contributed by atoms with E-state index < -0.39 is 0 Å². The highest BCUT2D eigenvalue weighted by atomic mass is 16.4. The van der Waals surface area contributed by atoms with Gasteiger partial charge in [-0.05, 0) is 100 Å². The number of aryl methyl sites for hydroxylation is 1. The summed E-state index contributed by atoms with van der Waals surface area (Å²) in [5.41, 5.74) is 16.9. The lowest BCUT2D eigenvalue weighted by atomic mass is 9.86. The molecule has 0 saturated heterocycles. The summed E-state index contributed by atoms with van der Waals surface area (Å²) >= 11 is 0. The predicted octanol–water partition coefficient (Wildman–Crippen LogP) is 14.7. The van der Waals surface area contributed by atoms with E-state index in [0.29, 0.717) is 11.7 Å². The van der Waals surface area contributed by atoms with Gasteiger partial charge < -0.3 is 8.83 Å². The molecule has 3 heterocycles. The molecule has 1 unspecified atom stereocenters. The van der Waals surface area contributed by atoms with Gasteiger partial charge in [0.25, 0.3) is 0 Å². The third-order valence-corrected chi connectivity index (χ3v) is 12.2. The van der Waals surface area contributed by atoms with Crippen molar-refractivity contribution in [1.29, 1.82) is 0 Å². The predicted molar refractivity (Wildman–Crippen MR) is 240 cm³/mol. The minimum absolute atomic E-state index is 0.365. The molecule has 0 aliphatic heterocycles. The highest BCUT2D eigenvalue weighted by Crippen LogP contribution is 2.44. The van der Waals surface area contributed by atoms with Gasteiger partial charge in [0.15, 0.2) is 17.0 Å². The third kappa shape index (κ3) is 5.67. The van der Waals surface area contributed by atoms with Gasteiger partial charge >= 0.3 is 0 Å². The maximum atomic E-state index is 6.74. The largest absolute Gasteiger partial charge is 0.452 e. The lowest BCUT2D eigenvalue weighted by Crippen LogP contribution is -2.01. The van der Waals surface area contributed by atoms with Crippen molar-refractivity contribution in [2.24, 2.45) is 0 Å². The molecule has 278 valence electrons. The first-order chi connectivity index (χ1) is 29.2. The van der Waals surface area contributed by atoms with Crippen LogP contribution in [-0.2, 0) is 6.42 Å². The standard InChI is InChI=1S/C55H36N2O2/c1-4-12-34(13-5-1)41-25-22-35-20-21-38(30-48(35)43-19-11-10-18-42(41)43)39-23-26-44-46-28-29-47-45-27-24-40(32-52(45)59-54(47)53(46)58-51(44)31-39)50-33-49(36-14-6-2-7-15-36)56-55(57-50)37-16-8-3-9-17-37/h1-21,23-24,26-33,41H,22,25H2. The van der Waals surface area contributed by atoms with Gasteiger partial charge in [0.05, 0.1) is 11.4 Å². The minimum Gasteiger partial charge on any atom is -0.452 e. The van der Waals surface area contributed by atoms with Crippen LogP contribution in [0.15, 0.2) is 197 Å². The highest BCUT2D eigenvalue weighted by Gasteiger charge is 2.24. The van der Waals surface area contributed by atoms with E-state index in [1.165, 1.54) is 33.4 Å². The van der Waals surface area contributed by atoms with Gasteiger partial charge in [-0.3, -0.25) is 0 Å². The Morgan fingerprint density at radius 2 is 0.949 bits per heavy atom. The fraction of sp³-hybridized carbons (Fsp3) is 0.0545. The number of fused-ring (bicyclic) bond motifs is 10. The van der Waals surface area contributed by atoms with Crippen LogP contribution in [0, 0.1) is 0 Å². The Bertz CT molecular complexity index is 3330. The molecule has 11 aromatic rings. The van der Waals surface area contributed by atoms with Gasteiger partial charge in [-0.25, -0.2) is 9.97 Å². The van der Waals surface area contributed by atoms with Crippen molar-refractivity contribution in [3.05, 3.63) is 205 Å². The van der Waals surface area contributed by atoms with E-state index in [9.17, 15) is 0 Å². The van der Waals surface area contributed by atoms with Gasteiger partial charge in [0.2, 0.25) is 0 Å². The molecule has 0 amide bonds. The summed E-state index contributed by atoms with van der Waals surface area (Å²) in [6.45, 7) is 0. The van der Waals surface area contributed by atoms with Crippen LogP contribution in [-0.4, -0.2) is 9.97 Å². The topological polar surface area (TPSA) is 52.1 Å². The van der Waals surface area contributed by atoms with Crippen molar-refractivity contribution < 1.29 is 8.83 Å². The van der Waals surface area contributed by atoms with E-state index in [-0.39, 0.29) is 0 Å². The van der Waals surface area contributed by atoms with E-state index >= 15 is 0 Å². The van der Waals surface area contributed by atoms with Gasteiger partial charge in [0.1, 0.15) is 11.2 Å². The average Bonchev–Trinajstić information content (AvgIpc) is 3.83. The summed E-state index contributed by atoms with van der Waals surface area (Å²) in [6, 6.07) is 66.6. The highest BCUT2D eigenvalue weighted by molar-refractivity contribution is 6.19. The normalized spacial score (nSPS) is 13.8. The number of nitrogens with zero attached hydrogens (tertiary/aromatic N) is 2. The molecule has 0 radical (unpaired) electrons. The van der Waals surface area contributed by atoms with Gasteiger partial charge in [-0.15, -0.1) is 0 Å². The molecule has 1 atom stereocenters. The van der Waals surface area contributed by atoms with E-state index in [2.05, 4.69) is 140 Å². The Labute approximate surface area is 341 Å². The van der Waals surface area contributed by atoms with Crippen LogP contribution < -0.4 is 0 Å². The molecule has 0 bridgehead atoms. The van der Waals surface area contributed by atoms with Crippen LogP contribution in [0.5, 0.6) is 0 Å². The fourth-order valence-corrected chi connectivity index (χ4v) is 9.23. The van der Waals surface area contributed by atoms with E-state index in [1.54, 1.807) is 0 Å². The lowest BCUT2D eigenvalue weighted by molar-refractivity contribution is 0.633. The number of rotatable bonds is 5. The van der Waals surface area contributed by atoms with Crippen LogP contribution in [0.3, 0.4) is 0 Å². The summed E-state index contributed by atoms with van der Waals surface area (Å²) in [6.07, 6.45) is 2.12. The third-order valence-electron chi connectivity index (χ3n) is 12.2. The van der Waals surface area contributed by atoms with Crippen LogP contribution >= 0.6 is 0 Å². The number of aromatic nitrogens is 2.